The largest absolute Gasteiger partial charge is 0.469 e. The number of aliphatic imine (C=N–C) groups is 1. The Morgan fingerprint density at radius 3 is 2.59 bits per heavy atom. The third-order valence-electron chi connectivity index (χ3n) is 4.74. The number of nitrogens with zero attached hydrogens (tertiary/aromatic N) is 2. The molecule has 1 amide bonds. The third-order valence-corrected chi connectivity index (χ3v) is 4.74. The van der Waals surface area contributed by atoms with Crippen molar-refractivity contribution in [2.75, 3.05) is 20.3 Å². The molecule has 0 N–H and O–H groups in total. The summed E-state index contributed by atoms with van der Waals surface area (Å²) in [6, 6.07) is 0. The van der Waals surface area contributed by atoms with E-state index in [2.05, 4.69) is 4.99 Å². The summed E-state index contributed by atoms with van der Waals surface area (Å²) < 4.78 is 4.82. The van der Waals surface area contributed by atoms with E-state index in [9.17, 15) is 9.59 Å². The molecule has 1 heterocycles. The fraction of sp³-hybridized carbons (Fsp3) is 0.706. The van der Waals surface area contributed by atoms with Gasteiger partial charge in [-0.1, -0.05) is 13.0 Å². The zero-order valence-electron chi connectivity index (χ0n) is 13.8. The molecular formula is C17H26N2O3. The minimum atomic E-state index is -0.0964. The van der Waals surface area contributed by atoms with E-state index in [1.807, 2.05) is 24.8 Å². The Hall–Kier alpha value is -1.65. The van der Waals surface area contributed by atoms with Crippen molar-refractivity contribution in [3.63, 3.8) is 0 Å². The fourth-order valence-electron chi connectivity index (χ4n) is 3.41. The molecule has 1 aliphatic carbocycles. The highest BCUT2D eigenvalue weighted by molar-refractivity contribution is 6.22. The van der Waals surface area contributed by atoms with E-state index in [4.69, 9.17) is 4.74 Å². The fourth-order valence-corrected chi connectivity index (χ4v) is 3.41. The van der Waals surface area contributed by atoms with Crippen LogP contribution < -0.4 is 0 Å². The lowest BCUT2D eigenvalue weighted by molar-refractivity contribution is -0.147. The molecule has 0 atom stereocenters. The van der Waals surface area contributed by atoms with Crippen LogP contribution in [-0.2, 0) is 14.3 Å². The van der Waals surface area contributed by atoms with Crippen molar-refractivity contribution in [3.8, 4) is 0 Å². The summed E-state index contributed by atoms with van der Waals surface area (Å²) in [7, 11) is 1.45. The molecule has 0 spiro atoms. The summed E-state index contributed by atoms with van der Waals surface area (Å²) in [4.78, 5) is 30.5. The van der Waals surface area contributed by atoms with Gasteiger partial charge in [0.1, 0.15) is 6.67 Å². The van der Waals surface area contributed by atoms with Crippen molar-refractivity contribution >= 4 is 17.6 Å². The molecule has 0 aromatic rings. The van der Waals surface area contributed by atoms with Gasteiger partial charge in [0.15, 0.2) is 0 Å². The van der Waals surface area contributed by atoms with Gasteiger partial charge in [-0.3, -0.25) is 14.6 Å². The Morgan fingerprint density at radius 2 is 2.05 bits per heavy atom. The van der Waals surface area contributed by atoms with Crippen LogP contribution in [0.5, 0.6) is 0 Å². The summed E-state index contributed by atoms with van der Waals surface area (Å²) in [5, 5.41) is 0. The number of rotatable bonds is 4. The number of hydrogen-bond donors (Lipinski definition) is 0. The van der Waals surface area contributed by atoms with Gasteiger partial charge in [0.05, 0.1) is 18.6 Å². The van der Waals surface area contributed by atoms with E-state index < -0.39 is 0 Å². The van der Waals surface area contributed by atoms with Gasteiger partial charge in [0, 0.05) is 12.3 Å². The Morgan fingerprint density at radius 1 is 1.36 bits per heavy atom. The van der Waals surface area contributed by atoms with E-state index in [0.717, 1.165) is 49.9 Å². The topological polar surface area (TPSA) is 59.0 Å². The zero-order chi connectivity index (χ0) is 16.1. The van der Waals surface area contributed by atoms with Gasteiger partial charge in [-0.2, -0.15) is 0 Å². The molecule has 1 aliphatic heterocycles. The number of esters is 1. The minimum Gasteiger partial charge on any atom is -0.469 e. The van der Waals surface area contributed by atoms with Crippen LogP contribution in [0, 0.1) is 11.8 Å². The van der Waals surface area contributed by atoms with E-state index in [1.165, 1.54) is 7.11 Å². The van der Waals surface area contributed by atoms with Crippen molar-refractivity contribution in [3.05, 3.63) is 11.6 Å². The zero-order valence-corrected chi connectivity index (χ0v) is 13.8. The van der Waals surface area contributed by atoms with Gasteiger partial charge in [-0.05, 0) is 44.9 Å². The summed E-state index contributed by atoms with van der Waals surface area (Å²) >= 11 is 0. The maximum Gasteiger partial charge on any atom is 0.308 e. The first kappa shape index (κ1) is 16.7. The number of amides is 1. The van der Waals surface area contributed by atoms with E-state index >= 15 is 0 Å². The molecule has 0 radical (unpaired) electrons. The number of hydrogen-bond acceptors (Lipinski definition) is 4. The summed E-state index contributed by atoms with van der Waals surface area (Å²) in [6.07, 6.45) is 6.32. The second-order valence-corrected chi connectivity index (χ2v) is 6.07. The second-order valence-electron chi connectivity index (χ2n) is 6.07. The molecule has 0 aromatic heterocycles. The predicted molar refractivity (Wildman–Crippen MR) is 85.5 cm³/mol. The highest BCUT2D eigenvalue weighted by Crippen LogP contribution is 2.30. The van der Waals surface area contributed by atoms with Crippen molar-refractivity contribution in [1.29, 1.82) is 0 Å². The Balaban J connectivity index is 1.92. The standard InChI is InChI=1S/C17H26N2O3/c1-4-14-15(5-2)18-11-19(16(14)20)10-12-6-8-13(9-7-12)17(21)22-3/h4,12-13H,5-11H2,1-3H3/b14-4+. The number of carbonyl (C=O) groups excluding carboxylic acids is 2. The lowest BCUT2D eigenvalue weighted by Crippen LogP contribution is -2.42. The van der Waals surface area contributed by atoms with Gasteiger partial charge in [0.2, 0.25) is 0 Å². The van der Waals surface area contributed by atoms with Crippen LogP contribution in [0.15, 0.2) is 16.6 Å². The lowest BCUT2D eigenvalue weighted by Gasteiger charge is -2.33. The van der Waals surface area contributed by atoms with Crippen molar-refractivity contribution in [2.24, 2.45) is 16.8 Å². The van der Waals surface area contributed by atoms with Crippen LogP contribution >= 0.6 is 0 Å². The molecule has 0 saturated heterocycles. The lowest BCUT2D eigenvalue weighted by atomic mass is 9.81. The molecule has 2 rings (SSSR count). The Labute approximate surface area is 132 Å². The van der Waals surface area contributed by atoms with E-state index in [1.54, 1.807) is 0 Å². The molecule has 0 unspecified atom stereocenters. The SMILES string of the molecule is C/C=C1/C(=O)N(CC2CCC(C(=O)OC)CC2)CN=C1CC. The summed E-state index contributed by atoms with van der Waals surface area (Å²) in [6.45, 7) is 5.13. The van der Waals surface area contributed by atoms with E-state index in [-0.39, 0.29) is 17.8 Å². The average Bonchev–Trinajstić information content (AvgIpc) is 2.56. The molecule has 0 bridgehead atoms. The van der Waals surface area contributed by atoms with Gasteiger partial charge < -0.3 is 9.64 Å². The highest BCUT2D eigenvalue weighted by atomic mass is 16.5. The average molecular weight is 306 g/mol. The van der Waals surface area contributed by atoms with Crippen LogP contribution in [0.2, 0.25) is 0 Å². The number of methoxy groups -OCH3 is 1. The van der Waals surface area contributed by atoms with Gasteiger partial charge in [-0.25, -0.2) is 0 Å². The summed E-state index contributed by atoms with van der Waals surface area (Å²) in [5.74, 6) is 0.501. The van der Waals surface area contributed by atoms with Crippen LogP contribution in [0.25, 0.3) is 0 Å². The number of ether oxygens (including phenoxy) is 1. The van der Waals surface area contributed by atoms with Gasteiger partial charge >= 0.3 is 5.97 Å². The second kappa shape index (κ2) is 7.56. The number of allylic oxidation sites excluding steroid dienone is 1. The van der Waals surface area contributed by atoms with E-state index in [0.29, 0.717) is 12.6 Å². The normalized spacial score (nSPS) is 27.8. The van der Waals surface area contributed by atoms with Crippen LogP contribution in [0.1, 0.15) is 46.0 Å². The monoisotopic (exact) mass is 306 g/mol. The van der Waals surface area contributed by atoms with Crippen LogP contribution in [0.4, 0.5) is 0 Å². The highest BCUT2D eigenvalue weighted by Gasteiger charge is 2.31. The van der Waals surface area contributed by atoms with Crippen molar-refractivity contribution in [1.82, 2.24) is 4.90 Å². The number of carbonyl (C=O) groups is 2. The molecule has 1 saturated carbocycles. The predicted octanol–water partition coefficient (Wildman–Crippen LogP) is 2.56. The Bertz CT molecular complexity index is 488. The van der Waals surface area contributed by atoms with Crippen molar-refractivity contribution < 1.29 is 14.3 Å². The molecule has 5 heteroatoms. The quantitative estimate of drug-likeness (QED) is 0.592. The Kier molecular flexibility index (Phi) is 5.75. The van der Waals surface area contributed by atoms with Gasteiger partial charge in [-0.15, -0.1) is 0 Å². The molecular weight excluding hydrogens is 280 g/mol. The first-order chi connectivity index (χ1) is 10.6. The molecule has 2 aliphatic rings. The van der Waals surface area contributed by atoms with Crippen LogP contribution in [0.3, 0.4) is 0 Å². The van der Waals surface area contributed by atoms with Crippen molar-refractivity contribution in [2.45, 2.75) is 46.0 Å². The first-order valence-electron chi connectivity index (χ1n) is 8.17. The molecule has 0 aromatic carbocycles. The maximum absolute atomic E-state index is 12.5. The first-order valence-corrected chi connectivity index (χ1v) is 8.17. The molecule has 22 heavy (non-hydrogen) atoms. The summed E-state index contributed by atoms with van der Waals surface area (Å²) in [5.41, 5.74) is 1.66. The third kappa shape index (κ3) is 3.57. The minimum absolute atomic E-state index is 0.0362. The molecule has 1 fully saturated rings. The molecule has 5 nitrogen and oxygen atoms in total. The molecule has 122 valence electrons. The smallest absolute Gasteiger partial charge is 0.308 e. The van der Waals surface area contributed by atoms with Gasteiger partial charge in [0.25, 0.3) is 5.91 Å². The maximum atomic E-state index is 12.5. The van der Waals surface area contributed by atoms with Crippen LogP contribution in [-0.4, -0.2) is 42.8 Å².